The van der Waals surface area contributed by atoms with Crippen LogP contribution in [0.2, 0.25) is 0 Å². The van der Waals surface area contributed by atoms with Gasteiger partial charge in [0, 0.05) is 0 Å². The highest BCUT2D eigenvalue weighted by Gasteiger charge is 2.35. The fourth-order valence-electron chi connectivity index (χ4n) is 6.80. The van der Waals surface area contributed by atoms with Gasteiger partial charge in [-0.2, -0.15) is 0 Å². The molecule has 4 rings (SSSR count). The van der Waals surface area contributed by atoms with Crippen LogP contribution in [-0.2, 0) is 12.8 Å². The summed E-state index contributed by atoms with van der Waals surface area (Å²) < 4.78 is 0. The molecule has 0 nitrogen and oxygen atoms in total. The molecule has 5 atom stereocenters. The second-order valence-electron chi connectivity index (χ2n) is 10.3. The van der Waals surface area contributed by atoms with Crippen molar-refractivity contribution in [3.05, 3.63) is 34.9 Å². The molecule has 2 saturated carbocycles. The molecule has 0 saturated heterocycles. The average Bonchev–Trinajstić information content (AvgIpc) is 2.71. The Morgan fingerprint density at radius 2 is 1.63 bits per heavy atom. The number of benzene rings is 1. The number of hydrogen-bond acceptors (Lipinski definition) is 0. The second-order valence-corrected chi connectivity index (χ2v) is 10.3. The van der Waals surface area contributed by atoms with Crippen molar-refractivity contribution in [1.82, 2.24) is 0 Å². The lowest BCUT2D eigenvalue weighted by molar-refractivity contribution is 0.114. The predicted molar refractivity (Wildman–Crippen MR) is 117 cm³/mol. The number of fused-ring (bicyclic) bond motifs is 2. The van der Waals surface area contributed by atoms with Crippen molar-refractivity contribution in [2.24, 2.45) is 23.7 Å². The quantitative estimate of drug-likeness (QED) is 0.477. The van der Waals surface area contributed by atoms with Crippen LogP contribution < -0.4 is 0 Å². The van der Waals surface area contributed by atoms with Gasteiger partial charge >= 0.3 is 0 Å². The van der Waals surface area contributed by atoms with Crippen molar-refractivity contribution in [2.75, 3.05) is 0 Å². The van der Waals surface area contributed by atoms with Gasteiger partial charge in [0.2, 0.25) is 0 Å². The Balaban J connectivity index is 1.37. The van der Waals surface area contributed by atoms with Gasteiger partial charge in [0.25, 0.3) is 0 Å². The van der Waals surface area contributed by atoms with Crippen LogP contribution in [0.25, 0.3) is 0 Å². The van der Waals surface area contributed by atoms with E-state index in [4.69, 9.17) is 0 Å². The molecule has 27 heavy (non-hydrogen) atoms. The van der Waals surface area contributed by atoms with Crippen LogP contribution in [0, 0.1) is 23.7 Å². The summed E-state index contributed by atoms with van der Waals surface area (Å²) >= 11 is 0. The minimum Gasteiger partial charge on any atom is -0.0654 e. The lowest BCUT2D eigenvalue weighted by Crippen LogP contribution is -2.30. The zero-order chi connectivity index (χ0) is 18.6. The molecule has 5 unspecified atom stereocenters. The summed E-state index contributed by atoms with van der Waals surface area (Å²) in [7, 11) is 0. The van der Waals surface area contributed by atoms with E-state index in [-0.39, 0.29) is 0 Å². The molecule has 3 aliphatic rings. The molecular formula is C27H42. The summed E-state index contributed by atoms with van der Waals surface area (Å²) in [5.41, 5.74) is 5.07. The van der Waals surface area contributed by atoms with E-state index < -0.39 is 0 Å². The third-order valence-electron chi connectivity index (χ3n) is 8.42. The molecule has 0 heterocycles. The fourth-order valence-corrected chi connectivity index (χ4v) is 6.80. The first-order valence-corrected chi connectivity index (χ1v) is 12.4. The fraction of sp³-hybridized carbons (Fsp3) is 0.778. The Bertz CT molecular complexity index is 600. The van der Waals surface area contributed by atoms with Crippen LogP contribution in [0.1, 0.15) is 114 Å². The first-order valence-electron chi connectivity index (χ1n) is 12.4. The van der Waals surface area contributed by atoms with Gasteiger partial charge in [-0.15, -0.1) is 0 Å². The molecule has 0 N–H and O–H groups in total. The van der Waals surface area contributed by atoms with E-state index in [1.54, 1.807) is 23.1 Å². The minimum atomic E-state index is 0.858. The van der Waals surface area contributed by atoms with Crippen LogP contribution in [0.5, 0.6) is 0 Å². The van der Waals surface area contributed by atoms with Crippen LogP contribution in [0.15, 0.2) is 18.2 Å². The Kier molecular flexibility index (Phi) is 6.62. The van der Waals surface area contributed by atoms with E-state index in [9.17, 15) is 0 Å². The van der Waals surface area contributed by atoms with E-state index in [1.807, 2.05) is 0 Å². The minimum absolute atomic E-state index is 0.858. The predicted octanol–water partition coefficient (Wildman–Crippen LogP) is 8.08. The largest absolute Gasteiger partial charge is 0.0654 e. The molecule has 1 aromatic rings. The van der Waals surface area contributed by atoms with Crippen molar-refractivity contribution in [3.63, 3.8) is 0 Å². The van der Waals surface area contributed by atoms with Crippen LogP contribution in [-0.4, -0.2) is 0 Å². The lowest BCUT2D eigenvalue weighted by atomic mass is 9.63. The van der Waals surface area contributed by atoms with Gasteiger partial charge < -0.3 is 0 Å². The highest BCUT2D eigenvalue weighted by molar-refractivity contribution is 5.36. The Labute approximate surface area is 168 Å². The maximum absolute atomic E-state index is 2.64. The molecule has 1 aromatic carbocycles. The van der Waals surface area contributed by atoms with E-state index >= 15 is 0 Å². The normalized spacial score (nSPS) is 33.3. The van der Waals surface area contributed by atoms with Crippen molar-refractivity contribution < 1.29 is 0 Å². The summed E-state index contributed by atoms with van der Waals surface area (Å²) in [6.07, 6.45) is 20.3. The van der Waals surface area contributed by atoms with E-state index in [0.717, 1.165) is 29.6 Å². The maximum atomic E-state index is 2.64. The summed E-state index contributed by atoms with van der Waals surface area (Å²) in [5.74, 6) is 4.96. The van der Waals surface area contributed by atoms with Gasteiger partial charge in [-0.3, -0.25) is 0 Å². The standard InChI is InChI=1S/C27H42/c1-3-5-7-21-9-11-25-19-27(15-13-23(25)17-21)26-14-12-22-16-20(6-4-2)8-10-24(22)18-26/h13,15,19-22,24,26H,3-12,14,16-18H2,1-2H3. The Morgan fingerprint density at radius 3 is 2.48 bits per heavy atom. The monoisotopic (exact) mass is 366 g/mol. The number of aryl methyl sites for hydroxylation is 1. The highest BCUT2D eigenvalue weighted by Crippen LogP contribution is 2.48. The molecule has 0 heteroatoms. The summed E-state index contributed by atoms with van der Waals surface area (Å²) in [4.78, 5) is 0. The SMILES string of the molecule is CCCCC1CCc2cc(C3CCC4CC(CCC)CCC4C3)ccc2C1. The van der Waals surface area contributed by atoms with Crippen LogP contribution in [0.4, 0.5) is 0 Å². The zero-order valence-electron chi connectivity index (χ0n) is 18.0. The number of rotatable bonds is 6. The number of hydrogen-bond donors (Lipinski definition) is 0. The molecular weight excluding hydrogens is 324 g/mol. The molecule has 2 fully saturated rings. The third kappa shape index (κ3) is 4.63. The van der Waals surface area contributed by atoms with Gasteiger partial charge in [0.1, 0.15) is 0 Å². The highest BCUT2D eigenvalue weighted by atomic mass is 14.4. The zero-order valence-corrected chi connectivity index (χ0v) is 18.0. The van der Waals surface area contributed by atoms with Gasteiger partial charge in [-0.1, -0.05) is 70.6 Å². The molecule has 3 aliphatic carbocycles. The molecule has 0 spiro atoms. The van der Waals surface area contributed by atoms with Crippen LogP contribution in [0.3, 0.4) is 0 Å². The van der Waals surface area contributed by atoms with E-state index in [1.165, 1.54) is 83.5 Å². The van der Waals surface area contributed by atoms with E-state index in [0.29, 0.717) is 0 Å². The maximum Gasteiger partial charge on any atom is -0.0159 e. The first-order chi connectivity index (χ1) is 13.3. The van der Waals surface area contributed by atoms with Gasteiger partial charge in [-0.25, -0.2) is 0 Å². The van der Waals surface area contributed by atoms with Crippen molar-refractivity contribution in [2.45, 2.75) is 110 Å². The Hall–Kier alpha value is -0.780. The van der Waals surface area contributed by atoms with Gasteiger partial charge in [0.05, 0.1) is 0 Å². The summed E-state index contributed by atoms with van der Waals surface area (Å²) in [6, 6.07) is 7.68. The van der Waals surface area contributed by atoms with Gasteiger partial charge in [0.15, 0.2) is 0 Å². The molecule has 0 radical (unpaired) electrons. The summed E-state index contributed by atoms with van der Waals surface area (Å²) in [5, 5.41) is 0. The van der Waals surface area contributed by atoms with Crippen molar-refractivity contribution >= 4 is 0 Å². The second kappa shape index (κ2) is 9.15. The van der Waals surface area contributed by atoms with Crippen LogP contribution >= 0.6 is 0 Å². The van der Waals surface area contributed by atoms with E-state index in [2.05, 4.69) is 32.0 Å². The third-order valence-corrected chi connectivity index (χ3v) is 8.42. The lowest BCUT2D eigenvalue weighted by Gasteiger charge is -2.42. The van der Waals surface area contributed by atoms with Gasteiger partial charge in [-0.05, 0) is 97.6 Å². The Morgan fingerprint density at radius 1 is 0.778 bits per heavy atom. The average molecular weight is 367 g/mol. The molecule has 0 bridgehead atoms. The van der Waals surface area contributed by atoms with Crippen molar-refractivity contribution in [3.8, 4) is 0 Å². The topological polar surface area (TPSA) is 0 Å². The summed E-state index contributed by atoms with van der Waals surface area (Å²) in [6.45, 7) is 4.69. The van der Waals surface area contributed by atoms with Crippen molar-refractivity contribution in [1.29, 1.82) is 0 Å². The molecule has 0 amide bonds. The molecule has 0 aromatic heterocycles. The molecule has 150 valence electrons. The smallest absolute Gasteiger partial charge is 0.0159 e. The molecule has 0 aliphatic heterocycles. The first kappa shape index (κ1) is 19.5. The number of unbranched alkanes of at least 4 members (excludes halogenated alkanes) is 1.